The van der Waals surface area contributed by atoms with Crippen molar-refractivity contribution in [3.8, 4) is 11.5 Å². The second-order valence-electron chi connectivity index (χ2n) is 2.80. The fourth-order valence-electron chi connectivity index (χ4n) is 1.15. The summed E-state index contributed by atoms with van der Waals surface area (Å²) in [6.45, 7) is 2.06. The van der Waals surface area contributed by atoms with Gasteiger partial charge in [0.2, 0.25) is 0 Å². The van der Waals surface area contributed by atoms with Crippen LogP contribution in [0.1, 0.15) is 17.3 Å². The van der Waals surface area contributed by atoms with Crippen molar-refractivity contribution in [1.82, 2.24) is 0 Å². The number of benzene rings is 1. The third-order valence-electron chi connectivity index (χ3n) is 1.86. The molecule has 1 aromatic rings. The van der Waals surface area contributed by atoms with Gasteiger partial charge >= 0.3 is 5.97 Å². The number of ether oxygens (including phenoxy) is 2. The van der Waals surface area contributed by atoms with Crippen LogP contribution in [0.2, 0.25) is 0 Å². The Kier molecular flexibility index (Phi) is 3.38. The minimum Gasteiger partial charge on any atom is -0.503 e. The first-order chi connectivity index (χ1) is 7.11. The van der Waals surface area contributed by atoms with Gasteiger partial charge in [-0.15, -0.1) is 0 Å². The molecule has 0 radical (unpaired) electrons. The summed E-state index contributed by atoms with van der Waals surface area (Å²) in [7, 11) is 1.26. The van der Waals surface area contributed by atoms with E-state index in [0.717, 1.165) is 0 Å². The van der Waals surface area contributed by atoms with Gasteiger partial charge in [-0.3, -0.25) is 0 Å². The van der Waals surface area contributed by atoms with Crippen LogP contribution in [0.3, 0.4) is 0 Å². The summed E-state index contributed by atoms with van der Waals surface area (Å²) >= 11 is 0. The molecule has 0 unspecified atom stereocenters. The normalized spacial score (nSPS) is 9.73. The van der Waals surface area contributed by atoms with Crippen molar-refractivity contribution in [1.29, 1.82) is 0 Å². The maximum atomic E-state index is 11.3. The second-order valence-corrected chi connectivity index (χ2v) is 2.80. The summed E-state index contributed by atoms with van der Waals surface area (Å²) in [5.41, 5.74) is 5.80. The summed E-state index contributed by atoms with van der Waals surface area (Å²) in [4.78, 5) is 11.3. The number of nitrogens with two attached hydrogens (primary N) is 1. The number of esters is 1. The van der Waals surface area contributed by atoms with Gasteiger partial charge in [0.25, 0.3) is 0 Å². The zero-order valence-corrected chi connectivity index (χ0v) is 8.61. The number of carbonyl (C=O) groups excluding carboxylic acids is 1. The highest BCUT2D eigenvalue weighted by molar-refractivity contribution is 5.94. The number of aromatic hydroxyl groups is 1. The van der Waals surface area contributed by atoms with E-state index in [1.54, 1.807) is 6.92 Å². The summed E-state index contributed by atoms with van der Waals surface area (Å²) in [5, 5.41) is 9.60. The zero-order chi connectivity index (χ0) is 11.4. The number of methoxy groups -OCH3 is 1. The molecule has 0 fully saturated rings. The van der Waals surface area contributed by atoms with Crippen molar-refractivity contribution in [2.75, 3.05) is 19.5 Å². The van der Waals surface area contributed by atoms with Crippen LogP contribution >= 0.6 is 0 Å². The Labute approximate surface area is 87.4 Å². The molecule has 0 saturated heterocycles. The van der Waals surface area contributed by atoms with E-state index >= 15 is 0 Å². The van der Waals surface area contributed by atoms with Crippen LogP contribution in [0, 0.1) is 0 Å². The largest absolute Gasteiger partial charge is 0.503 e. The minimum absolute atomic E-state index is 0.0596. The maximum absolute atomic E-state index is 11.3. The first kappa shape index (κ1) is 11.2. The Morgan fingerprint density at radius 2 is 2.20 bits per heavy atom. The summed E-state index contributed by atoms with van der Waals surface area (Å²) in [6.07, 6.45) is 0. The maximum Gasteiger partial charge on any atom is 0.341 e. The van der Waals surface area contributed by atoms with Crippen molar-refractivity contribution in [3.63, 3.8) is 0 Å². The molecule has 82 valence electrons. The predicted molar refractivity (Wildman–Crippen MR) is 55.0 cm³/mol. The molecule has 0 amide bonds. The van der Waals surface area contributed by atoms with E-state index in [0.29, 0.717) is 6.61 Å². The van der Waals surface area contributed by atoms with Crippen LogP contribution in [0.5, 0.6) is 11.5 Å². The number of phenolic OH excluding ortho intramolecular Hbond substituents is 1. The van der Waals surface area contributed by atoms with E-state index in [9.17, 15) is 9.90 Å². The fourth-order valence-corrected chi connectivity index (χ4v) is 1.15. The van der Waals surface area contributed by atoms with Crippen LogP contribution in [-0.2, 0) is 4.74 Å². The van der Waals surface area contributed by atoms with Crippen LogP contribution < -0.4 is 10.5 Å². The third-order valence-corrected chi connectivity index (χ3v) is 1.86. The monoisotopic (exact) mass is 211 g/mol. The van der Waals surface area contributed by atoms with Gasteiger partial charge < -0.3 is 20.3 Å². The van der Waals surface area contributed by atoms with Crippen molar-refractivity contribution in [3.05, 3.63) is 17.7 Å². The fraction of sp³-hybridized carbons (Fsp3) is 0.300. The molecule has 0 bridgehead atoms. The summed E-state index contributed by atoms with van der Waals surface area (Å²) in [5.74, 6) is -0.752. The number of nitrogen functional groups attached to an aromatic ring is 1. The zero-order valence-electron chi connectivity index (χ0n) is 8.61. The summed E-state index contributed by atoms with van der Waals surface area (Å²) < 4.78 is 9.69. The standard InChI is InChI=1S/C10H13NO4/c1-3-15-9-6(10(13)14-2)4-5-7(11)8(9)12/h4-5,12H,3,11H2,1-2H3. The van der Waals surface area contributed by atoms with E-state index in [1.165, 1.54) is 19.2 Å². The SMILES string of the molecule is CCOc1c(C(=O)OC)ccc(N)c1O. The molecule has 0 aliphatic heterocycles. The first-order valence-corrected chi connectivity index (χ1v) is 4.44. The second kappa shape index (κ2) is 4.54. The molecule has 0 atom stereocenters. The van der Waals surface area contributed by atoms with Crippen LogP contribution in [0.4, 0.5) is 5.69 Å². The van der Waals surface area contributed by atoms with E-state index in [1.807, 2.05) is 0 Å². The average molecular weight is 211 g/mol. The van der Waals surface area contributed by atoms with Gasteiger partial charge in [0, 0.05) is 0 Å². The quantitative estimate of drug-likeness (QED) is 0.445. The lowest BCUT2D eigenvalue weighted by Crippen LogP contribution is -2.06. The Balaban J connectivity index is 3.26. The number of hydrogen-bond donors (Lipinski definition) is 2. The van der Waals surface area contributed by atoms with Gasteiger partial charge in [-0.25, -0.2) is 4.79 Å². The van der Waals surface area contributed by atoms with Crippen molar-refractivity contribution in [2.45, 2.75) is 6.92 Å². The summed E-state index contributed by atoms with van der Waals surface area (Å²) in [6, 6.07) is 2.87. The van der Waals surface area contributed by atoms with Crippen LogP contribution in [0.15, 0.2) is 12.1 Å². The van der Waals surface area contributed by atoms with E-state index < -0.39 is 5.97 Å². The Bertz CT molecular complexity index is 376. The van der Waals surface area contributed by atoms with Crippen molar-refractivity contribution < 1.29 is 19.4 Å². The molecular weight excluding hydrogens is 198 g/mol. The van der Waals surface area contributed by atoms with Gasteiger partial charge in [0.1, 0.15) is 5.56 Å². The molecule has 5 nitrogen and oxygen atoms in total. The highest BCUT2D eigenvalue weighted by Gasteiger charge is 2.18. The predicted octanol–water partition coefficient (Wildman–Crippen LogP) is 1.16. The number of hydrogen-bond acceptors (Lipinski definition) is 5. The number of rotatable bonds is 3. The third kappa shape index (κ3) is 2.12. The molecule has 1 rings (SSSR count). The lowest BCUT2D eigenvalue weighted by Gasteiger charge is -2.11. The molecule has 0 aliphatic rings. The lowest BCUT2D eigenvalue weighted by atomic mass is 10.1. The van der Waals surface area contributed by atoms with Gasteiger partial charge in [-0.2, -0.15) is 0 Å². The molecular formula is C10H13NO4. The van der Waals surface area contributed by atoms with E-state index in [4.69, 9.17) is 10.5 Å². The molecule has 0 heterocycles. The molecule has 0 saturated carbocycles. The Morgan fingerprint density at radius 3 is 2.73 bits per heavy atom. The molecule has 0 spiro atoms. The molecule has 15 heavy (non-hydrogen) atoms. The van der Waals surface area contributed by atoms with E-state index in [2.05, 4.69) is 4.74 Å². The topological polar surface area (TPSA) is 81.8 Å². The van der Waals surface area contributed by atoms with Gasteiger partial charge in [-0.1, -0.05) is 0 Å². The van der Waals surface area contributed by atoms with Crippen LogP contribution in [-0.4, -0.2) is 24.8 Å². The number of phenols is 1. The van der Waals surface area contributed by atoms with Crippen molar-refractivity contribution in [2.24, 2.45) is 0 Å². The highest BCUT2D eigenvalue weighted by Crippen LogP contribution is 2.35. The minimum atomic E-state index is -0.575. The van der Waals surface area contributed by atoms with Gasteiger partial charge in [0.15, 0.2) is 11.5 Å². The smallest absolute Gasteiger partial charge is 0.341 e. The lowest BCUT2D eigenvalue weighted by molar-refractivity contribution is 0.0595. The van der Waals surface area contributed by atoms with Crippen molar-refractivity contribution >= 4 is 11.7 Å². The van der Waals surface area contributed by atoms with Gasteiger partial charge in [0.05, 0.1) is 19.4 Å². The van der Waals surface area contributed by atoms with E-state index in [-0.39, 0.29) is 22.7 Å². The molecule has 5 heteroatoms. The number of anilines is 1. The first-order valence-electron chi connectivity index (χ1n) is 4.44. The highest BCUT2D eigenvalue weighted by atomic mass is 16.5. The Morgan fingerprint density at radius 1 is 1.53 bits per heavy atom. The Hall–Kier alpha value is -1.91. The van der Waals surface area contributed by atoms with Gasteiger partial charge in [-0.05, 0) is 19.1 Å². The molecule has 1 aromatic carbocycles. The molecule has 0 aliphatic carbocycles. The average Bonchev–Trinajstić information content (AvgIpc) is 2.24. The molecule has 0 aromatic heterocycles. The number of carbonyl (C=O) groups is 1. The van der Waals surface area contributed by atoms with Crippen LogP contribution in [0.25, 0.3) is 0 Å². The molecule has 3 N–H and O–H groups in total.